The number of aromatic nitrogens is 1. The smallest absolute Gasteiger partial charge is 0.208 e. The zero-order valence-corrected chi connectivity index (χ0v) is 13.5. The van der Waals surface area contributed by atoms with Crippen LogP contribution in [0.4, 0.5) is 0 Å². The van der Waals surface area contributed by atoms with Crippen LogP contribution in [0.1, 0.15) is 11.1 Å². The summed E-state index contributed by atoms with van der Waals surface area (Å²) in [5.74, 6) is 0.690. The van der Waals surface area contributed by atoms with Gasteiger partial charge in [0.2, 0.25) is 9.84 Å². The third kappa shape index (κ3) is 2.18. The van der Waals surface area contributed by atoms with E-state index in [2.05, 4.69) is 4.98 Å². The first kappa shape index (κ1) is 14.7. The number of nitrogens with one attached hydrogen (secondary N) is 1. The Labute approximate surface area is 129 Å². The molecule has 114 valence electrons. The fourth-order valence-electron chi connectivity index (χ4n) is 2.66. The van der Waals surface area contributed by atoms with Crippen molar-refractivity contribution < 1.29 is 13.2 Å². The summed E-state index contributed by atoms with van der Waals surface area (Å²) in [6.45, 7) is 3.62. The number of sulfone groups is 1. The molecule has 1 N–H and O–H groups in total. The second-order valence-electron chi connectivity index (χ2n) is 5.29. The lowest BCUT2D eigenvalue weighted by atomic mass is 10.1. The summed E-state index contributed by atoms with van der Waals surface area (Å²) >= 11 is 0. The maximum absolute atomic E-state index is 13.0. The molecule has 0 saturated carbocycles. The highest BCUT2D eigenvalue weighted by Gasteiger charge is 2.24. The van der Waals surface area contributed by atoms with Crippen molar-refractivity contribution in [2.24, 2.45) is 0 Å². The lowest BCUT2D eigenvalue weighted by Gasteiger charge is -2.11. The van der Waals surface area contributed by atoms with Crippen molar-refractivity contribution in [2.75, 3.05) is 7.11 Å². The first-order valence-corrected chi connectivity index (χ1v) is 8.40. The van der Waals surface area contributed by atoms with Gasteiger partial charge in [-0.2, -0.15) is 0 Å². The van der Waals surface area contributed by atoms with Crippen molar-refractivity contribution in [3.63, 3.8) is 0 Å². The summed E-state index contributed by atoms with van der Waals surface area (Å²) in [6, 6.07) is 10.8. The quantitative estimate of drug-likeness (QED) is 0.803. The van der Waals surface area contributed by atoms with E-state index in [9.17, 15) is 8.42 Å². The fraction of sp³-hybridized carbons (Fsp3) is 0.176. The van der Waals surface area contributed by atoms with Crippen LogP contribution in [0.3, 0.4) is 0 Å². The van der Waals surface area contributed by atoms with Gasteiger partial charge in [-0.1, -0.05) is 18.2 Å². The van der Waals surface area contributed by atoms with E-state index in [0.29, 0.717) is 26.5 Å². The van der Waals surface area contributed by atoms with Crippen molar-refractivity contribution in [3.05, 3.63) is 53.7 Å². The Bertz CT molecular complexity index is 955. The van der Waals surface area contributed by atoms with Crippen molar-refractivity contribution in [1.29, 1.82) is 0 Å². The lowest BCUT2D eigenvalue weighted by molar-refractivity contribution is 0.411. The average molecular weight is 315 g/mol. The van der Waals surface area contributed by atoms with E-state index in [1.165, 1.54) is 0 Å². The molecule has 0 atom stereocenters. The van der Waals surface area contributed by atoms with Crippen LogP contribution < -0.4 is 4.74 Å². The van der Waals surface area contributed by atoms with Crippen LogP contribution in [0.2, 0.25) is 0 Å². The molecule has 0 amide bonds. The van der Waals surface area contributed by atoms with E-state index >= 15 is 0 Å². The monoisotopic (exact) mass is 315 g/mol. The molecule has 4 nitrogen and oxygen atoms in total. The molecule has 0 bridgehead atoms. The predicted octanol–water partition coefficient (Wildman–Crippen LogP) is 3.63. The molecule has 0 unspecified atom stereocenters. The van der Waals surface area contributed by atoms with E-state index < -0.39 is 9.84 Å². The molecule has 3 aromatic rings. The van der Waals surface area contributed by atoms with E-state index in [0.717, 1.165) is 11.1 Å². The average Bonchev–Trinajstić information content (AvgIpc) is 2.93. The number of para-hydroxylation sites is 1. The number of ether oxygens (including phenoxy) is 1. The predicted molar refractivity (Wildman–Crippen MR) is 86.2 cm³/mol. The van der Waals surface area contributed by atoms with Crippen LogP contribution in [0, 0.1) is 13.8 Å². The second-order valence-corrected chi connectivity index (χ2v) is 7.18. The van der Waals surface area contributed by atoms with Gasteiger partial charge in [0.1, 0.15) is 5.75 Å². The molecule has 0 aliphatic carbocycles. The Kier molecular flexibility index (Phi) is 3.45. The third-order valence-electron chi connectivity index (χ3n) is 3.82. The maximum atomic E-state index is 13.0. The molecule has 0 radical (unpaired) electrons. The van der Waals surface area contributed by atoms with Crippen molar-refractivity contribution in [3.8, 4) is 5.75 Å². The van der Waals surface area contributed by atoms with E-state index in [1.54, 1.807) is 32.4 Å². The molecule has 0 aliphatic rings. The minimum atomic E-state index is -3.59. The van der Waals surface area contributed by atoms with Crippen LogP contribution in [0.5, 0.6) is 5.75 Å². The number of methoxy groups -OCH3 is 1. The highest BCUT2D eigenvalue weighted by molar-refractivity contribution is 7.91. The number of hydrogen-bond donors (Lipinski definition) is 1. The number of rotatable bonds is 3. The summed E-state index contributed by atoms with van der Waals surface area (Å²) in [6.07, 6.45) is 1.55. The molecule has 0 spiro atoms. The first-order chi connectivity index (χ1) is 10.4. The van der Waals surface area contributed by atoms with Gasteiger partial charge < -0.3 is 9.72 Å². The van der Waals surface area contributed by atoms with Gasteiger partial charge in [0.15, 0.2) is 0 Å². The molecule has 1 aromatic heterocycles. The molecule has 5 heteroatoms. The second kappa shape index (κ2) is 5.18. The molecular formula is C17H17NO3S. The van der Waals surface area contributed by atoms with Gasteiger partial charge in [-0.25, -0.2) is 8.42 Å². The third-order valence-corrected chi connectivity index (χ3v) is 5.76. The summed E-state index contributed by atoms with van der Waals surface area (Å²) in [7, 11) is -2.01. The first-order valence-electron chi connectivity index (χ1n) is 6.91. The molecule has 3 rings (SSSR count). The summed E-state index contributed by atoms with van der Waals surface area (Å²) < 4.78 is 31.3. The Morgan fingerprint density at radius 3 is 2.45 bits per heavy atom. The Morgan fingerprint density at radius 1 is 1.00 bits per heavy atom. The van der Waals surface area contributed by atoms with Crippen molar-refractivity contribution in [1.82, 2.24) is 4.98 Å². The summed E-state index contributed by atoms with van der Waals surface area (Å²) in [5.41, 5.74) is 2.28. The van der Waals surface area contributed by atoms with E-state index in [1.807, 2.05) is 31.2 Å². The van der Waals surface area contributed by atoms with Crippen LogP contribution in [0.25, 0.3) is 10.9 Å². The van der Waals surface area contributed by atoms with Gasteiger partial charge in [0.25, 0.3) is 0 Å². The van der Waals surface area contributed by atoms with Gasteiger partial charge in [0.05, 0.1) is 16.9 Å². The summed E-state index contributed by atoms with van der Waals surface area (Å²) in [4.78, 5) is 3.63. The molecule has 2 aromatic carbocycles. The minimum absolute atomic E-state index is 0.302. The number of aromatic amines is 1. The van der Waals surface area contributed by atoms with Gasteiger partial charge in [-0.3, -0.25) is 0 Å². The molecular weight excluding hydrogens is 298 g/mol. The number of fused-ring (bicyclic) bond motifs is 1. The summed E-state index contributed by atoms with van der Waals surface area (Å²) in [5, 5.41) is 0.704. The van der Waals surface area contributed by atoms with Crippen LogP contribution in [-0.2, 0) is 9.84 Å². The molecule has 1 heterocycles. The van der Waals surface area contributed by atoms with E-state index in [4.69, 9.17) is 4.74 Å². The number of hydrogen-bond acceptors (Lipinski definition) is 3. The van der Waals surface area contributed by atoms with Gasteiger partial charge >= 0.3 is 0 Å². The SMILES string of the molecule is COc1cc(C)c(S(=O)(=O)c2c[nH]c3ccccc23)cc1C. The Balaban J connectivity index is 2.25. The minimum Gasteiger partial charge on any atom is -0.496 e. The maximum Gasteiger partial charge on any atom is 0.208 e. The highest BCUT2D eigenvalue weighted by Crippen LogP contribution is 2.32. The van der Waals surface area contributed by atoms with Crippen LogP contribution in [0.15, 0.2) is 52.4 Å². The largest absolute Gasteiger partial charge is 0.496 e. The molecule has 0 aliphatic heterocycles. The number of aryl methyl sites for hydroxylation is 2. The Hall–Kier alpha value is -2.27. The van der Waals surface area contributed by atoms with Crippen LogP contribution in [-0.4, -0.2) is 20.5 Å². The fourth-order valence-corrected chi connectivity index (χ4v) is 4.39. The molecule has 0 saturated heterocycles. The number of H-pyrrole nitrogens is 1. The van der Waals surface area contributed by atoms with Crippen molar-refractivity contribution >= 4 is 20.7 Å². The van der Waals surface area contributed by atoms with Gasteiger partial charge in [-0.05, 0) is 43.2 Å². The molecule has 22 heavy (non-hydrogen) atoms. The van der Waals surface area contributed by atoms with Crippen molar-refractivity contribution in [2.45, 2.75) is 23.6 Å². The van der Waals surface area contributed by atoms with Crippen LogP contribution >= 0.6 is 0 Å². The van der Waals surface area contributed by atoms with Gasteiger partial charge in [-0.15, -0.1) is 0 Å². The normalized spacial score (nSPS) is 11.8. The zero-order valence-electron chi connectivity index (χ0n) is 12.7. The topological polar surface area (TPSA) is 59.2 Å². The number of benzene rings is 2. The highest BCUT2D eigenvalue weighted by atomic mass is 32.2. The zero-order chi connectivity index (χ0) is 15.9. The lowest BCUT2D eigenvalue weighted by Crippen LogP contribution is -2.05. The molecule has 0 fully saturated rings. The van der Waals surface area contributed by atoms with Gasteiger partial charge in [0, 0.05) is 17.1 Å². The standard InChI is InChI=1S/C17H17NO3S/c1-11-9-16(12(2)8-15(11)21-3)22(19,20)17-10-18-14-7-5-4-6-13(14)17/h4-10,18H,1-3H3. The van der Waals surface area contributed by atoms with E-state index in [-0.39, 0.29) is 0 Å². The Morgan fingerprint density at radius 2 is 1.73 bits per heavy atom.